The summed E-state index contributed by atoms with van der Waals surface area (Å²) in [5, 5.41) is 0. The van der Waals surface area contributed by atoms with E-state index in [-0.39, 0.29) is 17.7 Å². The van der Waals surface area contributed by atoms with Crippen molar-refractivity contribution in [2.75, 3.05) is 24.5 Å². The van der Waals surface area contributed by atoms with E-state index in [0.717, 1.165) is 25.2 Å². The summed E-state index contributed by atoms with van der Waals surface area (Å²) in [4.78, 5) is 28.9. The molecule has 0 aliphatic carbocycles. The first-order valence-electron chi connectivity index (χ1n) is 8.62. The zero-order valence-electron chi connectivity index (χ0n) is 14.3. The van der Waals surface area contributed by atoms with Crippen LogP contribution in [-0.2, 0) is 9.59 Å². The third-order valence-electron chi connectivity index (χ3n) is 5.25. The zero-order chi connectivity index (χ0) is 16.6. The number of hydrogen-bond acceptors (Lipinski definition) is 2. The summed E-state index contributed by atoms with van der Waals surface area (Å²) in [7, 11) is 0. The van der Waals surface area contributed by atoms with E-state index in [1.165, 1.54) is 17.5 Å². The molecular formula is C19H26N2O2. The van der Waals surface area contributed by atoms with Gasteiger partial charge in [-0.25, -0.2) is 0 Å². The fraction of sp³-hybridized carbons (Fsp3) is 0.579. The number of piperidine rings is 1. The Morgan fingerprint density at radius 2 is 1.96 bits per heavy atom. The number of hydrogen-bond donors (Lipinski definition) is 0. The van der Waals surface area contributed by atoms with E-state index >= 15 is 0 Å². The molecule has 2 aliphatic rings. The Morgan fingerprint density at radius 1 is 1.17 bits per heavy atom. The van der Waals surface area contributed by atoms with Crippen molar-refractivity contribution in [2.45, 2.75) is 40.0 Å². The number of aryl methyl sites for hydroxylation is 2. The Balaban J connectivity index is 1.71. The van der Waals surface area contributed by atoms with Gasteiger partial charge in [0.2, 0.25) is 11.8 Å². The van der Waals surface area contributed by atoms with Crippen LogP contribution in [0.2, 0.25) is 0 Å². The van der Waals surface area contributed by atoms with Gasteiger partial charge in [0.15, 0.2) is 0 Å². The number of anilines is 1. The van der Waals surface area contributed by atoms with Crippen LogP contribution in [0.25, 0.3) is 0 Å². The van der Waals surface area contributed by atoms with E-state index in [1.54, 1.807) is 4.90 Å². The second-order valence-electron chi connectivity index (χ2n) is 7.21. The molecule has 0 radical (unpaired) electrons. The lowest BCUT2D eigenvalue weighted by Crippen LogP contribution is -2.43. The quantitative estimate of drug-likeness (QED) is 0.842. The molecule has 2 amide bonds. The molecule has 124 valence electrons. The summed E-state index contributed by atoms with van der Waals surface area (Å²) in [5.74, 6) is 0.614. The standard InChI is InChI=1S/C19H26N2O2/c1-13-5-4-8-20(11-13)19(23)16-10-18(22)21(12-16)17-7-6-14(2)15(3)9-17/h6-7,9,13,16H,4-5,8,10-12H2,1-3H3/t13-,16+/m0/s1. The van der Waals surface area contributed by atoms with Crippen molar-refractivity contribution in [2.24, 2.45) is 11.8 Å². The minimum absolute atomic E-state index is 0.0664. The van der Waals surface area contributed by atoms with Crippen LogP contribution in [0.4, 0.5) is 5.69 Å². The van der Waals surface area contributed by atoms with E-state index in [0.29, 0.717) is 18.9 Å². The minimum atomic E-state index is -0.186. The molecule has 3 rings (SSSR count). The first kappa shape index (κ1) is 16.0. The molecule has 2 fully saturated rings. The van der Waals surface area contributed by atoms with Crippen LogP contribution in [0.1, 0.15) is 37.3 Å². The predicted octanol–water partition coefficient (Wildman–Crippen LogP) is 2.91. The van der Waals surface area contributed by atoms with Crippen LogP contribution in [-0.4, -0.2) is 36.3 Å². The van der Waals surface area contributed by atoms with Gasteiger partial charge in [-0.2, -0.15) is 0 Å². The van der Waals surface area contributed by atoms with Gasteiger partial charge in [0.25, 0.3) is 0 Å². The lowest BCUT2D eigenvalue weighted by Gasteiger charge is -2.32. The molecule has 1 aromatic carbocycles. The second-order valence-corrected chi connectivity index (χ2v) is 7.21. The van der Waals surface area contributed by atoms with Gasteiger partial charge in [0.1, 0.15) is 0 Å². The summed E-state index contributed by atoms with van der Waals surface area (Å²) in [6.07, 6.45) is 2.62. The molecule has 2 saturated heterocycles. The number of carbonyl (C=O) groups excluding carboxylic acids is 2. The fourth-order valence-corrected chi connectivity index (χ4v) is 3.66. The van der Waals surface area contributed by atoms with E-state index in [4.69, 9.17) is 0 Å². The molecule has 4 heteroatoms. The number of rotatable bonds is 2. The van der Waals surface area contributed by atoms with Crippen LogP contribution >= 0.6 is 0 Å². The topological polar surface area (TPSA) is 40.6 Å². The second kappa shape index (κ2) is 6.34. The molecule has 0 bridgehead atoms. The molecule has 0 unspecified atom stereocenters. The van der Waals surface area contributed by atoms with Crippen LogP contribution in [0.3, 0.4) is 0 Å². The maximum atomic E-state index is 12.7. The molecule has 0 saturated carbocycles. The van der Waals surface area contributed by atoms with Crippen LogP contribution in [0.5, 0.6) is 0 Å². The summed E-state index contributed by atoms with van der Waals surface area (Å²) in [6.45, 7) is 8.52. The average molecular weight is 314 g/mol. The van der Waals surface area contributed by atoms with Crippen molar-refractivity contribution >= 4 is 17.5 Å². The van der Waals surface area contributed by atoms with Crippen molar-refractivity contribution in [3.8, 4) is 0 Å². The molecule has 4 nitrogen and oxygen atoms in total. The van der Waals surface area contributed by atoms with Gasteiger partial charge < -0.3 is 9.80 Å². The number of nitrogens with zero attached hydrogens (tertiary/aromatic N) is 2. The van der Waals surface area contributed by atoms with Crippen LogP contribution < -0.4 is 4.90 Å². The molecule has 2 atom stereocenters. The normalized spacial score (nSPS) is 25.1. The van der Waals surface area contributed by atoms with Gasteiger partial charge in [-0.15, -0.1) is 0 Å². The predicted molar refractivity (Wildman–Crippen MR) is 91.4 cm³/mol. The average Bonchev–Trinajstić information content (AvgIpc) is 2.91. The van der Waals surface area contributed by atoms with Crippen molar-refractivity contribution in [3.05, 3.63) is 29.3 Å². The van der Waals surface area contributed by atoms with Gasteiger partial charge in [-0.05, 0) is 55.9 Å². The molecule has 0 spiro atoms. The lowest BCUT2D eigenvalue weighted by atomic mass is 9.98. The van der Waals surface area contributed by atoms with Crippen molar-refractivity contribution in [1.82, 2.24) is 4.90 Å². The number of benzene rings is 1. The first-order valence-corrected chi connectivity index (χ1v) is 8.62. The molecule has 23 heavy (non-hydrogen) atoms. The lowest BCUT2D eigenvalue weighted by molar-refractivity contribution is -0.137. The third kappa shape index (κ3) is 3.26. The van der Waals surface area contributed by atoms with E-state index < -0.39 is 0 Å². The van der Waals surface area contributed by atoms with E-state index in [1.807, 2.05) is 23.1 Å². The Morgan fingerprint density at radius 3 is 2.65 bits per heavy atom. The van der Waals surface area contributed by atoms with Gasteiger partial charge in [-0.1, -0.05) is 13.0 Å². The zero-order valence-corrected chi connectivity index (χ0v) is 14.3. The molecule has 0 N–H and O–H groups in total. The molecule has 1 aromatic rings. The summed E-state index contributed by atoms with van der Waals surface area (Å²) in [5.41, 5.74) is 3.31. The van der Waals surface area contributed by atoms with E-state index in [9.17, 15) is 9.59 Å². The van der Waals surface area contributed by atoms with Crippen LogP contribution in [0, 0.1) is 25.7 Å². The number of likely N-dealkylation sites (tertiary alicyclic amines) is 1. The summed E-state index contributed by atoms with van der Waals surface area (Å²) >= 11 is 0. The van der Waals surface area contributed by atoms with Gasteiger partial charge in [0, 0.05) is 31.7 Å². The monoisotopic (exact) mass is 314 g/mol. The highest BCUT2D eigenvalue weighted by molar-refractivity contribution is 6.00. The van der Waals surface area contributed by atoms with Crippen molar-refractivity contribution < 1.29 is 9.59 Å². The SMILES string of the molecule is Cc1ccc(N2C[C@H](C(=O)N3CCC[C@H](C)C3)CC2=O)cc1C. The van der Waals surface area contributed by atoms with Gasteiger partial charge in [0.05, 0.1) is 5.92 Å². The highest BCUT2D eigenvalue weighted by Crippen LogP contribution is 2.29. The van der Waals surface area contributed by atoms with E-state index in [2.05, 4.69) is 20.8 Å². The third-order valence-corrected chi connectivity index (χ3v) is 5.25. The smallest absolute Gasteiger partial charge is 0.228 e. The maximum absolute atomic E-state index is 12.7. The van der Waals surface area contributed by atoms with Crippen molar-refractivity contribution in [3.63, 3.8) is 0 Å². The summed E-state index contributed by atoms with van der Waals surface area (Å²) < 4.78 is 0. The molecule has 2 heterocycles. The maximum Gasteiger partial charge on any atom is 0.228 e. The number of amides is 2. The Kier molecular flexibility index (Phi) is 4.42. The Labute approximate surface area is 138 Å². The molecular weight excluding hydrogens is 288 g/mol. The highest BCUT2D eigenvalue weighted by Gasteiger charge is 2.38. The van der Waals surface area contributed by atoms with Gasteiger partial charge in [-0.3, -0.25) is 9.59 Å². The highest BCUT2D eigenvalue weighted by atomic mass is 16.2. The fourth-order valence-electron chi connectivity index (χ4n) is 3.66. The first-order chi connectivity index (χ1) is 11.0. The van der Waals surface area contributed by atoms with Gasteiger partial charge >= 0.3 is 0 Å². The largest absolute Gasteiger partial charge is 0.342 e. The number of carbonyl (C=O) groups is 2. The van der Waals surface area contributed by atoms with Crippen molar-refractivity contribution in [1.29, 1.82) is 0 Å². The molecule has 2 aliphatic heterocycles. The van der Waals surface area contributed by atoms with Crippen LogP contribution in [0.15, 0.2) is 18.2 Å². The Bertz CT molecular complexity index is 626. The minimum Gasteiger partial charge on any atom is -0.342 e. The Hall–Kier alpha value is -1.84. The molecule has 0 aromatic heterocycles. The summed E-state index contributed by atoms with van der Waals surface area (Å²) in [6, 6.07) is 6.07.